The summed E-state index contributed by atoms with van der Waals surface area (Å²) in [7, 11) is 0. The van der Waals surface area contributed by atoms with E-state index in [0.29, 0.717) is 12.4 Å². The molecule has 1 aromatic carbocycles. The molecule has 26 nitrogen and oxygen atoms in total. The summed E-state index contributed by atoms with van der Waals surface area (Å²) >= 11 is 0. The van der Waals surface area contributed by atoms with Gasteiger partial charge < -0.3 is 110 Å². The summed E-state index contributed by atoms with van der Waals surface area (Å²) in [4.78, 5) is 50.9. The summed E-state index contributed by atoms with van der Waals surface area (Å²) in [5, 5.41) is 119. The monoisotopic (exact) mass is 1060 g/mol. The van der Waals surface area contributed by atoms with Crippen LogP contribution in [0, 0.1) is 0 Å². The average Bonchev–Trinajstić information content (AvgIpc) is 3.36. The molecular weight excluding hydrogens is 985 g/mol. The van der Waals surface area contributed by atoms with Crippen molar-refractivity contribution in [3.63, 3.8) is 0 Å². The molecule has 26 heteroatoms. The van der Waals surface area contributed by atoms with Gasteiger partial charge in [0.2, 0.25) is 17.7 Å². The van der Waals surface area contributed by atoms with Crippen molar-refractivity contribution in [3.8, 4) is 5.75 Å². The third kappa shape index (κ3) is 16.0. The molecule has 1 aromatic rings. The molecule has 4 saturated heterocycles. The third-order valence-corrected chi connectivity index (χ3v) is 13.0. The van der Waals surface area contributed by atoms with Gasteiger partial charge in [-0.2, -0.15) is 0 Å². The first-order valence-electron chi connectivity index (χ1n) is 25.0. The first-order valence-corrected chi connectivity index (χ1v) is 25.0. The average molecular weight is 1060 g/mol. The number of unbranched alkanes of at least 4 members (excludes halogenated alkanes) is 5. The smallest absolute Gasteiger partial charge is 0.251 e. The molecule has 10 unspecified atom stereocenters. The van der Waals surface area contributed by atoms with Gasteiger partial charge in [-0.15, -0.1) is 0 Å². The molecule has 0 bridgehead atoms. The van der Waals surface area contributed by atoms with E-state index in [4.69, 9.17) is 37.9 Å². The van der Waals surface area contributed by atoms with Crippen molar-refractivity contribution >= 4 is 23.6 Å². The largest absolute Gasteiger partial charge is 0.494 e. The maximum absolute atomic E-state index is 13.8. The Bertz CT molecular complexity index is 1960. The van der Waals surface area contributed by atoms with Crippen molar-refractivity contribution in [2.24, 2.45) is 0 Å². The Labute approximate surface area is 428 Å². The molecule has 420 valence electrons. The van der Waals surface area contributed by atoms with Gasteiger partial charge in [-0.05, 0) is 43.9 Å². The maximum Gasteiger partial charge on any atom is 0.251 e. The molecule has 74 heavy (non-hydrogen) atoms. The number of nitrogens with one attached hydrogen (secondary N) is 4. The lowest BCUT2D eigenvalue weighted by Crippen LogP contribution is -2.71. The fourth-order valence-corrected chi connectivity index (χ4v) is 9.21. The molecule has 4 amide bonds. The summed E-state index contributed by atoms with van der Waals surface area (Å²) in [5.41, 5.74) is 0.0817. The lowest BCUT2D eigenvalue weighted by molar-refractivity contribution is -0.361. The summed E-state index contributed by atoms with van der Waals surface area (Å²) in [5.74, 6) is -2.58. The normalized spacial score (nSPS) is 36.5. The van der Waals surface area contributed by atoms with Crippen LogP contribution in [0.2, 0.25) is 0 Å². The zero-order valence-corrected chi connectivity index (χ0v) is 41.9. The van der Waals surface area contributed by atoms with Crippen LogP contribution in [0.15, 0.2) is 36.4 Å². The molecule has 0 radical (unpaired) electrons. The predicted octanol–water partition coefficient (Wildman–Crippen LogP) is -4.19. The van der Waals surface area contributed by atoms with Gasteiger partial charge in [0.1, 0.15) is 103 Å². The van der Waals surface area contributed by atoms with Gasteiger partial charge in [0.05, 0.1) is 33.0 Å². The first-order chi connectivity index (χ1) is 35.4. The van der Waals surface area contributed by atoms with Crippen molar-refractivity contribution < 1.29 is 108 Å². The second-order valence-corrected chi connectivity index (χ2v) is 18.7. The Morgan fingerprint density at radius 2 is 0.986 bits per heavy atom. The number of hydrogen-bond donors (Lipinski definition) is 14. The maximum atomic E-state index is 13.8. The third-order valence-electron chi connectivity index (χ3n) is 13.0. The summed E-state index contributed by atoms with van der Waals surface area (Å²) in [6.45, 7) is 2.23. The van der Waals surface area contributed by atoms with Gasteiger partial charge in [-0.3, -0.25) is 19.2 Å². The van der Waals surface area contributed by atoms with Crippen LogP contribution in [0.4, 0.5) is 0 Å². The molecule has 0 saturated carbocycles. The fourth-order valence-electron chi connectivity index (χ4n) is 9.21. The number of carbonyl (C=O) groups excluding carboxylic acids is 4. The summed E-state index contributed by atoms with van der Waals surface area (Å²) in [6.07, 6.45) is -16.1. The number of carbonyl (C=O) groups is 4. The van der Waals surface area contributed by atoms with E-state index >= 15 is 0 Å². The Kier molecular flexibility index (Phi) is 24.2. The lowest BCUT2D eigenvalue weighted by Gasteiger charge is -2.51. The summed E-state index contributed by atoms with van der Waals surface area (Å²) < 4.78 is 47.4. The van der Waals surface area contributed by atoms with Crippen LogP contribution in [0.1, 0.15) is 83.0 Å². The number of rotatable bonds is 25. The van der Waals surface area contributed by atoms with Crippen molar-refractivity contribution in [1.29, 1.82) is 0 Å². The van der Waals surface area contributed by atoms with Crippen LogP contribution in [0.5, 0.6) is 5.75 Å². The van der Waals surface area contributed by atoms with E-state index in [-0.39, 0.29) is 5.56 Å². The number of benzene rings is 1. The van der Waals surface area contributed by atoms with E-state index in [0.717, 1.165) is 46.5 Å². The van der Waals surface area contributed by atoms with Crippen LogP contribution in [0.25, 0.3) is 0 Å². The van der Waals surface area contributed by atoms with Crippen molar-refractivity contribution in [2.75, 3.05) is 33.0 Å². The van der Waals surface area contributed by atoms with Gasteiger partial charge in [0, 0.05) is 26.3 Å². The predicted molar refractivity (Wildman–Crippen MR) is 253 cm³/mol. The number of hydrogen-bond acceptors (Lipinski definition) is 22. The second kappa shape index (κ2) is 29.5. The van der Waals surface area contributed by atoms with Gasteiger partial charge >= 0.3 is 0 Å². The van der Waals surface area contributed by atoms with Crippen LogP contribution in [-0.4, -0.2) is 230 Å². The van der Waals surface area contributed by atoms with Gasteiger partial charge in [0.25, 0.3) is 5.91 Å². The molecular formula is C48H76N4O22. The molecule has 0 spiro atoms. The number of amides is 4. The Hall–Kier alpha value is -4.04. The van der Waals surface area contributed by atoms with Gasteiger partial charge in [0.15, 0.2) is 25.2 Å². The zero-order chi connectivity index (χ0) is 54.2. The van der Waals surface area contributed by atoms with Crippen molar-refractivity contribution in [1.82, 2.24) is 21.3 Å². The fraction of sp³-hybridized carbons (Fsp3) is 0.750. The standard InChI is InChI=1S/C48H76N4O22/c1-5-6-7-8-9-10-11-12-13-17-67-27-16-14-15-26(18-27)44(65)52-33-37(61)36(60)28(19-53)69-46(33)73-42-30(21-55)71-48(35(39(42)63)51-25(4)59)74-43-31(22-56)70-47(34(40(43)64)50-24(3)58)72-41-29(20-54)68-45(66)32(38(41)62)49-23(2)57/h10-11,14-16,18,28-43,45-48,53-56,60-64,66H,5-9,12-13,17,19-22H2,1-4H3,(H,49,57)(H,50,58)(H,51,59)(H,52,65)/b11-10-/t28?,29-,30-,31?,32?,33?,34?,35?,36+,37+,38?,39?,40+,41+,42+,43+,45?,46-,47-,48?/m0/s1. The Morgan fingerprint density at radius 3 is 1.47 bits per heavy atom. The molecule has 0 aliphatic carbocycles. The van der Waals surface area contributed by atoms with E-state index in [9.17, 15) is 70.2 Å². The zero-order valence-electron chi connectivity index (χ0n) is 41.9. The molecule has 0 aromatic heterocycles. The van der Waals surface area contributed by atoms with E-state index < -0.39 is 173 Å². The molecule has 4 fully saturated rings. The minimum Gasteiger partial charge on any atom is -0.494 e. The molecule has 4 aliphatic heterocycles. The number of aliphatic hydroxyl groups is 10. The summed E-state index contributed by atoms with van der Waals surface area (Å²) in [6, 6.07) is -0.191. The topological polar surface area (TPSA) is 393 Å². The van der Waals surface area contributed by atoms with Crippen molar-refractivity contribution in [2.45, 2.75) is 195 Å². The van der Waals surface area contributed by atoms with Crippen LogP contribution in [0.3, 0.4) is 0 Å². The molecule has 4 heterocycles. The highest BCUT2D eigenvalue weighted by Crippen LogP contribution is 2.35. The number of allylic oxidation sites excluding steroid dienone is 2. The first kappa shape index (κ1) is 60.8. The quantitative estimate of drug-likeness (QED) is 0.0326. The minimum absolute atomic E-state index is 0.0817. The van der Waals surface area contributed by atoms with Crippen LogP contribution < -0.4 is 26.0 Å². The van der Waals surface area contributed by atoms with E-state index in [2.05, 4.69) is 40.3 Å². The van der Waals surface area contributed by atoms with E-state index in [1.807, 2.05) is 0 Å². The molecule has 4 aliphatic rings. The van der Waals surface area contributed by atoms with Crippen molar-refractivity contribution in [3.05, 3.63) is 42.0 Å². The SMILES string of the molecule is CCCCCC/C=C\CCCOc1cccc(C(=O)NC2[C@H](O[C@H]3C(O)C(NC(C)=O)C(O[C@@H]4C(CO)O[C@@H](O[C@H]5C(O)C(NC(C)=O)C(O)O[C@H]5CO)C(NC(C)=O)[C@H]4O)O[C@H]3CO)OC(CO)[C@@H](O)[C@@H]2O)c1. The Balaban J connectivity index is 1.32. The second-order valence-electron chi connectivity index (χ2n) is 18.7. The van der Waals surface area contributed by atoms with E-state index in [1.165, 1.54) is 31.4 Å². The minimum atomic E-state index is -1.94. The number of aliphatic hydroxyl groups excluding tert-OH is 10. The highest BCUT2D eigenvalue weighted by atomic mass is 16.8. The lowest BCUT2D eigenvalue weighted by atomic mass is 9.93. The number of ether oxygens (including phenoxy) is 8. The Morgan fingerprint density at radius 1 is 0.541 bits per heavy atom. The highest BCUT2D eigenvalue weighted by Gasteiger charge is 2.56. The van der Waals surface area contributed by atoms with Crippen LogP contribution >= 0.6 is 0 Å². The molecule has 14 N–H and O–H groups in total. The van der Waals surface area contributed by atoms with Gasteiger partial charge in [-0.25, -0.2) is 0 Å². The van der Waals surface area contributed by atoms with Gasteiger partial charge in [-0.1, -0.05) is 44.4 Å². The highest BCUT2D eigenvalue weighted by molar-refractivity contribution is 5.94. The van der Waals surface area contributed by atoms with E-state index in [1.54, 1.807) is 12.1 Å². The molecule has 5 rings (SSSR count). The van der Waals surface area contributed by atoms with Crippen LogP contribution in [-0.2, 0) is 47.5 Å². The molecule has 20 atom stereocenters.